The molecule has 0 bridgehead atoms. The van der Waals surface area contributed by atoms with Gasteiger partial charge in [-0.15, -0.1) is 11.3 Å². The van der Waals surface area contributed by atoms with Crippen molar-refractivity contribution >= 4 is 45.1 Å². The van der Waals surface area contributed by atoms with Gasteiger partial charge in [0.2, 0.25) is 5.91 Å². The van der Waals surface area contributed by atoms with E-state index in [1.807, 2.05) is 6.92 Å². The van der Waals surface area contributed by atoms with E-state index in [1.165, 1.54) is 41.6 Å². The largest absolute Gasteiger partial charge is 0.477 e. The van der Waals surface area contributed by atoms with Crippen molar-refractivity contribution in [3.8, 4) is 0 Å². The number of aromatic nitrogens is 2. The molecule has 3 aromatic rings. The van der Waals surface area contributed by atoms with E-state index in [4.69, 9.17) is 0 Å². The van der Waals surface area contributed by atoms with Gasteiger partial charge in [0.15, 0.2) is 5.78 Å². The number of hydrogen-bond donors (Lipinski definition) is 2. The standard InChI is InChI=1S/C27H28N4O7S/c1-13(32)17-21-27(5,10-14-6-8-15(9-7-14)31(37)38)18(20(25(35)36)30(21)23(17)34)16-11-29-12-28-19(24(29)39-16)22(33)26(2,3)4/h6-9,11-13,17,21,32H,10H2,1-5H3,(H,35,36)/t13-,17-,21-,27+/m1/s1. The topological polar surface area (TPSA) is 155 Å². The van der Waals surface area contributed by atoms with Crippen LogP contribution in [0, 0.1) is 26.9 Å². The number of nitrogens with zero attached hydrogens (tertiary/aromatic N) is 4. The zero-order chi connectivity index (χ0) is 28.6. The van der Waals surface area contributed by atoms with Gasteiger partial charge in [0.1, 0.15) is 22.5 Å². The molecule has 0 saturated carbocycles. The molecular weight excluding hydrogens is 524 g/mol. The molecule has 1 fully saturated rings. The van der Waals surface area contributed by atoms with E-state index in [-0.39, 0.29) is 29.3 Å². The Morgan fingerprint density at radius 2 is 1.90 bits per heavy atom. The maximum Gasteiger partial charge on any atom is 0.352 e. The average Bonchev–Trinajstić information content (AvgIpc) is 3.46. The van der Waals surface area contributed by atoms with E-state index in [2.05, 4.69) is 4.98 Å². The third kappa shape index (κ3) is 3.97. The number of carbonyl (C=O) groups excluding carboxylic acids is 2. The number of aliphatic carboxylic acids is 1. The number of thiazole rings is 1. The van der Waals surface area contributed by atoms with Crippen LogP contribution in [-0.4, -0.2) is 59.2 Å². The summed E-state index contributed by atoms with van der Waals surface area (Å²) in [6.45, 7) is 8.75. The number of imidazole rings is 1. The molecule has 0 unspecified atom stereocenters. The molecule has 204 valence electrons. The molecule has 1 amide bonds. The van der Waals surface area contributed by atoms with Crippen molar-refractivity contribution < 1.29 is 29.5 Å². The molecule has 2 N–H and O–H groups in total. The third-order valence-electron chi connectivity index (χ3n) is 7.64. The molecule has 4 atom stereocenters. The molecule has 1 saturated heterocycles. The number of nitro groups is 1. The highest BCUT2D eigenvalue weighted by Gasteiger charge is 2.66. The van der Waals surface area contributed by atoms with Crippen molar-refractivity contribution in [2.24, 2.45) is 16.7 Å². The first-order valence-electron chi connectivity index (χ1n) is 12.4. The summed E-state index contributed by atoms with van der Waals surface area (Å²) in [5.74, 6) is -2.71. The summed E-state index contributed by atoms with van der Waals surface area (Å²) in [4.78, 5) is 56.2. The maximum absolute atomic E-state index is 13.1. The molecule has 0 spiro atoms. The maximum atomic E-state index is 13.1. The lowest BCUT2D eigenvalue weighted by atomic mass is 9.64. The Kier molecular flexibility index (Phi) is 6.03. The Labute approximate surface area is 227 Å². The van der Waals surface area contributed by atoms with Crippen LogP contribution in [0.2, 0.25) is 0 Å². The first-order chi connectivity index (χ1) is 18.2. The zero-order valence-corrected chi connectivity index (χ0v) is 22.9. The smallest absolute Gasteiger partial charge is 0.352 e. The van der Waals surface area contributed by atoms with Gasteiger partial charge in [-0.1, -0.05) is 39.8 Å². The molecule has 2 aromatic heterocycles. The minimum absolute atomic E-state index is 0.0726. The number of fused-ring (bicyclic) bond motifs is 2. The SMILES string of the molecule is C[C@@H](O)[C@H]1C(=O)N2C(C(=O)O)=C(c3cn4cnc(C(=O)C(C)(C)C)c4s3)[C@](C)(Cc3ccc([N+](=O)[O-])cc3)[C@@H]12. The Morgan fingerprint density at radius 3 is 2.44 bits per heavy atom. The number of Topliss-reactive ketones (excluding diaryl/α,β-unsaturated/α-hetero) is 1. The van der Waals surface area contributed by atoms with Crippen LogP contribution in [0.1, 0.15) is 55.5 Å². The highest BCUT2D eigenvalue weighted by molar-refractivity contribution is 7.18. The molecule has 2 aliphatic rings. The van der Waals surface area contributed by atoms with Crippen molar-refractivity contribution in [3.63, 3.8) is 0 Å². The molecule has 1 aromatic carbocycles. The van der Waals surface area contributed by atoms with Gasteiger partial charge in [0.25, 0.3) is 5.69 Å². The van der Waals surface area contributed by atoms with Crippen molar-refractivity contribution in [2.45, 2.75) is 53.2 Å². The monoisotopic (exact) mass is 552 g/mol. The number of aliphatic hydroxyl groups excluding tert-OH is 1. The second-order valence-electron chi connectivity index (χ2n) is 11.4. The minimum Gasteiger partial charge on any atom is -0.477 e. The van der Waals surface area contributed by atoms with E-state index >= 15 is 0 Å². The van der Waals surface area contributed by atoms with E-state index in [0.29, 0.717) is 20.8 Å². The predicted molar refractivity (Wildman–Crippen MR) is 142 cm³/mol. The first kappa shape index (κ1) is 26.7. The van der Waals surface area contributed by atoms with Gasteiger partial charge in [-0.2, -0.15) is 0 Å². The number of benzene rings is 1. The number of nitro benzene ring substituents is 1. The van der Waals surface area contributed by atoms with Crippen LogP contribution in [-0.2, 0) is 16.0 Å². The van der Waals surface area contributed by atoms with E-state index in [9.17, 15) is 34.7 Å². The van der Waals surface area contributed by atoms with Crippen molar-refractivity contribution in [2.75, 3.05) is 0 Å². The Hall–Kier alpha value is -3.90. The number of carbonyl (C=O) groups is 3. The fourth-order valence-electron chi connectivity index (χ4n) is 5.84. The third-order valence-corrected chi connectivity index (χ3v) is 8.76. The summed E-state index contributed by atoms with van der Waals surface area (Å²) in [5, 5.41) is 32.0. The lowest BCUT2D eigenvalue weighted by Crippen LogP contribution is -2.66. The van der Waals surface area contributed by atoms with Crippen LogP contribution in [0.4, 0.5) is 5.69 Å². The summed E-state index contributed by atoms with van der Waals surface area (Å²) in [7, 11) is 0. The van der Waals surface area contributed by atoms with Crippen LogP contribution >= 0.6 is 11.3 Å². The van der Waals surface area contributed by atoms with Gasteiger partial charge in [0, 0.05) is 34.7 Å². The second-order valence-corrected chi connectivity index (χ2v) is 12.5. The van der Waals surface area contributed by atoms with Crippen molar-refractivity contribution in [1.29, 1.82) is 0 Å². The Morgan fingerprint density at radius 1 is 1.26 bits per heavy atom. The average molecular weight is 553 g/mol. The summed E-state index contributed by atoms with van der Waals surface area (Å²) in [6.07, 6.45) is 2.47. The summed E-state index contributed by atoms with van der Waals surface area (Å²) < 4.78 is 1.68. The summed E-state index contributed by atoms with van der Waals surface area (Å²) in [6, 6.07) is 5.36. The highest BCUT2D eigenvalue weighted by atomic mass is 32.1. The molecule has 12 heteroatoms. The number of rotatable bonds is 7. The molecule has 2 aliphatic heterocycles. The normalized spacial score (nSPS) is 23.6. The lowest BCUT2D eigenvalue weighted by Gasteiger charge is -2.51. The highest BCUT2D eigenvalue weighted by Crippen LogP contribution is 2.59. The van der Waals surface area contributed by atoms with E-state index < -0.39 is 45.7 Å². The summed E-state index contributed by atoms with van der Waals surface area (Å²) in [5.41, 5.74) is -0.466. The molecule has 0 radical (unpaired) electrons. The number of aliphatic hydroxyl groups is 1. The lowest BCUT2D eigenvalue weighted by molar-refractivity contribution is -0.384. The number of β-lactam (4-membered cyclic amide) rings is 1. The van der Waals surface area contributed by atoms with Crippen LogP contribution in [0.15, 0.2) is 42.5 Å². The molecular formula is C27H28N4O7S. The number of carboxylic acid groups (broad SMARTS) is 1. The van der Waals surface area contributed by atoms with E-state index in [1.54, 1.807) is 43.5 Å². The van der Waals surface area contributed by atoms with Crippen molar-refractivity contribution in [1.82, 2.24) is 14.3 Å². The number of amides is 1. The second kappa shape index (κ2) is 8.82. The van der Waals surface area contributed by atoms with Crippen molar-refractivity contribution in [3.05, 3.63) is 68.7 Å². The Bertz CT molecular complexity index is 1580. The minimum atomic E-state index is -1.28. The Balaban J connectivity index is 1.69. The quantitative estimate of drug-likeness (QED) is 0.194. The fourth-order valence-corrected chi connectivity index (χ4v) is 7.09. The van der Waals surface area contributed by atoms with Crippen LogP contribution in [0.5, 0.6) is 0 Å². The number of non-ortho nitro benzene ring substituents is 1. The van der Waals surface area contributed by atoms with Gasteiger partial charge >= 0.3 is 5.97 Å². The van der Waals surface area contributed by atoms with Gasteiger partial charge < -0.3 is 15.1 Å². The zero-order valence-electron chi connectivity index (χ0n) is 22.0. The molecule has 39 heavy (non-hydrogen) atoms. The predicted octanol–water partition coefficient (Wildman–Crippen LogP) is 3.80. The van der Waals surface area contributed by atoms with Gasteiger partial charge in [-0.3, -0.25) is 24.1 Å². The van der Waals surface area contributed by atoms with Gasteiger partial charge in [0.05, 0.1) is 27.9 Å². The van der Waals surface area contributed by atoms with Crippen LogP contribution < -0.4 is 0 Å². The number of ketones is 1. The number of hydrogen-bond acceptors (Lipinski definition) is 8. The van der Waals surface area contributed by atoms with Gasteiger partial charge in [-0.05, 0) is 18.9 Å². The molecule has 11 nitrogen and oxygen atoms in total. The van der Waals surface area contributed by atoms with Gasteiger partial charge in [-0.25, -0.2) is 9.78 Å². The molecule has 0 aliphatic carbocycles. The number of carboxylic acids is 1. The fraction of sp³-hybridized carbons (Fsp3) is 0.407. The first-order valence-corrected chi connectivity index (χ1v) is 13.2. The van der Waals surface area contributed by atoms with Crippen LogP contribution in [0.3, 0.4) is 0 Å². The molecule has 5 rings (SSSR count). The summed E-state index contributed by atoms with van der Waals surface area (Å²) >= 11 is 1.22. The molecule has 4 heterocycles. The van der Waals surface area contributed by atoms with Crippen LogP contribution in [0.25, 0.3) is 10.4 Å². The van der Waals surface area contributed by atoms with E-state index in [0.717, 1.165) is 0 Å².